The van der Waals surface area contributed by atoms with Crippen LogP contribution in [0.3, 0.4) is 0 Å². The van der Waals surface area contributed by atoms with E-state index in [2.05, 4.69) is 12.2 Å². The Morgan fingerprint density at radius 2 is 1.39 bits per heavy atom. The highest BCUT2D eigenvalue weighted by molar-refractivity contribution is 5.94. The van der Waals surface area contributed by atoms with Gasteiger partial charge in [0.15, 0.2) is 5.60 Å². The number of allylic oxidation sites excluding steroid dienone is 2. The first-order valence-electron chi connectivity index (χ1n) is 16.6. The summed E-state index contributed by atoms with van der Waals surface area (Å²) in [6.07, 6.45) is 17.8. The molecule has 1 aromatic rings. The third kappa shape index (κ3) is 16.6. The first-order valence-corrected chi connectivity index (χ1v) is 16.6. The molecule has 0 radical (unpaired) electrons. The Labute approximate surface area is 273 Å². The molecule has 0 aliphatic heterocycles. The van der Waals surface area contributed by atoms with Crippen LogP contribution in [0.15, 0.2) is 48.1 Å². The van der Waals surface area contributed by atoms with Gasteiger partial charge in [0.25, 0.3) is 0 Å². The summed E-state index contributed by atoms with van der Waals surface area (Å²) >= 11 is 0. The largest absolute Gasteiger partial charge is 0.490 e. The molecule has 3 atom stereocenters. The average Bonchev–Trinajstić information content (AvgIpc) is 2.98. The number of rotatable bonds is 26. The highest BCUT2D eigenvalue weighted by Crippen LogP contribution is 2.26. The van der Waals surface area contributed by atoms with Gasteiger partial charge < -0.3 is 30.5 Å². The van der Waals surface area contributed by atoms with E-state index in [9.17, 15) is 39.6 Å². The summed E-state index contributed by atoms with van der Waals surface area (Å²) < 4.78 is 5.61. The Bertz CT molecular complexity index is 1120. The van der Waals surface area contributed by atoms with Gasteiger partial charge in [-0.05, 0) is 50.5 Å². The van der Waals surface area contributed by atoms with Crippen molar-refractivity contribution in [3.8, 4) is 5.75 Å². The molecule has 0 saturated carbocycles. The van der Waals surface area contributed by atoms with Crippen LogP contribution in [0.1, 0.15) is 116 Å². The number of aliphatic carboxylic acids is 3. The van der Waals surface area contributed by atoms with Crippen LogP contribution < -0.4 is 10.1 Å². The van der Waals surface area contributed by atoms with Crippen molar-refractivity contribution in [2.75, 3.05) is 6.61 Å². The molecule has 10 heteroatoms. The maximum atomic E-state index is 13.3. The summed E-state index contributed by atoms with van der Waals surface area (Å²) in [5, 5.41) is 42.1. The van der Waals surface area contributed by atoms with Crippen LogP contribution in [0.25, 0.3) is 0 Å². The van der Waals surface area contributed by atoms with Crippen molar-refractivity contribution in [3.63, 3.8) is 0 Å². The van der Waals surface area contributed by atoms with E-state index in [-0.39, 0.29) is 6.42 Å². The minimum Gasteiger partial charge on any atom is -0.490 e. The second-order valence-electron chi connectivity index (χ2n) is 12.2. The van der Waals surface area contributed by atoms with Crippen LogP contribution in [-0.4, -0.2) is 62.5 Å². The maximum Gasteiger partial charge on any atom is 0.337 e. The second kappa shape index (κ2) is 22.8. The molecular weight excluding hydrogens is 590 g/mol. The summed E-state index contributed by atoms with van der Waals surface area (Å²) in [5.41, 5.74) is -1.30. The lowest BCUT2D eigenvalue weighted by molar-refractivity contribution is -0.172. The van der Waals surface area contributed by atoms with E-state index in [1.54, 1.807) is 30.3 Å². The molecule has 258 valence electrons. The number of carboxylic acids is 3. The van der Waals surface area contributed by atoms with Gasteiger partial charge in [0.1, 0.15) is 18.4 Å². The molecule has 1 amide bonds. The average molecular weight is 646 g/mol. The van der Waals surface area contributed by atoms with Crippen molar-refractivity contribution in [2.24, 2.45) is 5.92 Å². The first-order chi connectivity index (χ1) is 21.9. The van der Waals surface area contributed by atoms with Gasteiger partial charge >= 0.3 is 17.9 Å². The summed E-state index contributed by atoms with van der Waals surface area (Å²) in [6, 6.07) is 5.20. The van der Waals surface area contributed by atoms with Crippen molar-refractivity contribution in [1.29, 1.82) is 0 Å². The predicted molar refractivity (Wildman–Crippen MR) is 178 cm³/mol. The molecule has 0 fully saturated rings. The minimum absolute atomic E-state index is 0.130. The second-order valence-corrected chi connectivity index (χ2v) is 12.2. The fraction of sp³-hybridized carbons (Fsp3) is 0.611. The Kier molecular flexibility index (Phi) is 20.0. The van der Waals surface area contributed by atoms with E-state index in [1.165, 1.54) is 57.4 Å². The molecule has 0 bridgehead atoms. The van der Waals surface area contributed by atoms with Gasteiger partial charge in [-0.3, -0.25) is 9.59 Å². The fourth-order valence-corrected chi connectivity index (χ4v) is 5.07. The van der Waals surface area contributed by atoms with Gasteiger partial charge in [-0.2, -0.15) is 0 Å². The number of nitrogens with one attached hydrogen (secondary N) is 1. The summed E-state index contributed by atoms with van der Waals surface area (Å²) in [4.78, 5) is 48.9. The third-order valence-corrected chi connectivity index (χ3v) is 7.86. The first kappa shape index (κ1) is 40.4. The Morgan fingerprint density at radius 1 is 0.848 bits per heavy atom. The highest BCUT2D eigenvalue weighted by atomic mass is 16.5. The number of benzene rings is 1. The van der Waals surface area contributed by atoms with Crippen LogP contribution in [0.5, 0.6) is 5.75 Å². The number of carbonyl (C=O) groups excluding carboxylic acids is 1. The zero-order chi connectivity index (χ0) is 34.4. The number of unbranched alkanes of at least 4 members (excludes halogenated alkanes) is 12. The molecule has 0 spiro atoms. The summed E-state index contributed by atoms with van der Waals surface area (Å²) in [5.74, 6) is -7.21. The van der Waals surface area contributed by atoms with E-state index in [1.807, 2.05) is 19.9 Å². The van der Waals surface area contributed by atoms with Gasteiger partial charge in [-0.15, -0.1) is 0 Å². The van der Waals surface area contributed by atoms with Crippen molar-refractivity contribution < 1.29 is 44.3 Å². The van der Waals surface area contributed by atoms with Gasteiger partial charge in [0.05, 0.1) is 12.3 Å². The molecule has 1 aromatic carbocycles. The monoisotopic (exact) mass is 645 g/mol. The number of hydrogen-bond donors (Lipinski definition) is 5. The van der Waals surface area contributed by atoms with Crippen molar-refractivity contribution >= 4 is 23.8 Å². The number of aliphatic hydroxyl groups is 1. The van der Waals surface area contributed by atoms with Crippen molar-refractivity contribution in [2.45, 2.75) is 129 Å². The maximum absolute atomic E-state index is 13.3. The number of hydrogen-bond acceptors (Lipinski definition) is 6. The van der Waals surface area contributed by atoms with Gasteiger partial charge in [-0.25, -0.2) is 9.59 Å². The molecule has 0 aliphatic rings. The van der Waals surface area contributed by atoms with Crippen molar-refractivity contribution in [1.82, 2.24) is 5.32 Å². The Balaban J connectivity index is 2.81. The lowest BCUT2D eigenvalue weighted by Gasteiger charge is -2.29. The molecule has 0 aromatic heterocycles. The summed E-state index contributed by atoms with van der Waals surface area (Å²) in [6.45, 7) is 6.50. The molecule has 1 rings (SSSR count). The van der Waals surface area contributed by atoms with E-state index in [0.29, 0.717) is 24.3 Å². The van der Waals surface area contributed by atoms with E-state index >= 15 is 0 Å². The Morgan fingerprint density at radius 3 is 1.87 bits per heavy atom. The van der Waals surface area contributed by atoms with Gasteiger partial charge in [-0.1, -0.05) is 107 Å². The molecule has 0 aliphatic carbocycles. The van der Waals surface area contributed by atoms with Crippen LogP contribution in [-0.2, 0) is 25.6 Å². The fourth-order valence-electron chi connectivity index (χ4n) is 5.07. The van der Waals surface area contributed by atoms with Crippen molar-refractivity contribution in [3.05, 3.63) is 53.6 Å². The zero-order valence-electron chi connectivity index (χ0n) is 27.8. The molecule has 0 heterocycles. The number of carbonyl (C=O) groups is 4. The predicted octanol–water partition coefficient (Wildman–Crippen LogP) is 6.70. The smallest absolute Gasteiger partial charge is 0.337 e. The van der Waals surface area contributed by atoms with E-state index < -0.39 is 47.8 Å². The number of amides is 1. The van der Waals surface area contributed by atoms with Gasteiger partial charge in [0.2, 0.25) is 5.91 Å². The SMILES string of the molecule is CCCCCCCCCCCCCC/C=C/[C@H](C(=O)NC(Cc1ccc(OCC=C(C)C)cc1)C(=O)O)[C@@](O)(CC(=O)O)C(=O)O. The quantitative estimate of drug-likeness (QED) is 0.0543. The van der Waals surface area contributed by atoms with Crippen LogP contribution >= 0.6 is 0 Å². The molecule has 1 unspecified atom stereocenters. The van der Waals surface area contributed by atoms with Crippen LogP contribution in [0.4, 0.5) is 0 Å². The normalized spacial score (nSPS) is 13.8. The lowest BCUT2D eigenvalue weighted by Crippen LogP contribution is -2.55. The standard InChI is InChI=1S/C36H55NO9/c1-4-5-6-7-8-9-10-11-12-13-14-15-16-17-18-30(36(45,35(43)44)26-32(38)39)33(40)37-31(34(41)42)25-28-19-21-29(22-20-28)46-24-23-27(2)3/h17-23,30-31,45H,4-16,24-26H2,1-3H3,(H,37,40)(H,38,39)(H,41,42)(H,43,44)/b18-17+/t30-,31?,36+/m1/s1. The molecular formula is C36H55NO9. The minimum atomic E-state index is -2.98. The van der Waals surface area contributed by atoms with Crippen LogP contribution in [0.2, 0.25) is 0 Å². The molecule has 5 N–H and O–H groups in total. The molecule has 46 heavy (non-hydrogen) atoms. The zero-order valence-corrected chi connectivity index (χ0v) is 27.8. The van der Waals surface area contributed by atoms with Gasteiger partial charge in [0, 0.05) is 6.42 Å². The number of carboxylic acid groups (broad SMARTS) is 3. The van der Waals surface area contributed by atoms with E-state index in [0.717, 1.165) is 31.3 Å². The Hall–Kier alpha value is -3.66. The summed E-state index contributed by atoms with van der Waals surface area (Å²) in [7, 11) is 0. The van der Waals surface area contributed by atoms with E-state index in [4.69, 9.17) is 4.74 Å². The topological polar surface area (TPSA) is 170 Å². The highest BCUT2D eigenvalue weighted by Gasteiger charge is 2.49. The number of ether oxygens (including phenoxy) is 1. The molecule has 0 saturated heterocycles. The third-order valence-electron chi connectivity index (χ3n) is 7.86. The molecule has 10 nitrogen and oxygen atoms in total. The lowest BCUT2D eigenvalue weighted by atomic mass is 9.82. The van der Waals surface area contributed by atoms with Crippen LogP contribution in [0, 0.1) is 5.92 Å².